The molecule has 0 N–H and O–H groups in total. The van der Waals surface area contributed by atoms with E-state index in [1.807, 2.05) is 42.5 Å². The summed E-state index contributed by atoms with van der Waals surface area (Å²) in [6.45, 7) is 0.607. The third-order valence-corrected chi connectivity index (χ3v) is 7.89. The summed E-state index contributed by atoms with van der Waals surface area (Å²) in [5, 5.41) is 0.797. The van der Waals surface area contributed by atoms with Crippen LogP contribution in [-0.2, 0) is 28.0 Å². The first kappa shape index (κ1) is 23.3. The van der Waals surface area contributed by atoms with Crippen LogP contribution in [0.2, 0.25) is 0 Å². The zero-order valence-electron chi connectivity index (χ0n) is 18.9. The number of furan rings is 1. The lowest BCUT2D eigenvalue weighted by Crippen LogP contribution is -2.40. The van der Waals surface area contributed by atoms with E-state index in [2.05, 4.69) is 0 Å². The van der Waals surface area contributed by atoms with E-state index in [9.17, 15) is 8.42 Å². The Hall–Kier alpha value is -2.85. The summed E-state index contributed by atoms with van der Waals surface area (Å²) < 4.78 is 44.9. The van der Waals surface area contributed by atoms with Gasteiger partial charge >= 0.3 is 0 Å². The molecule has 0 amide bonds. The third-order valence-electron chi connectivity index (χ3n) is 5.73. The van der Waals surface area contributed by atoms with Gasteiger partial charge in [0.15, 0.2) is 11.5 Å². The van der Waals surface area contributed by atoms with Crippen molar-refractivity contribution >= 4 is 10.0 Å². The van der Waals surface area contributed by atoms with Crippen molar-refractivity contribution < 1.29 is 27.1 Å². The van der Waals surface area contributed by atoms with Gasteiger partial charge in [0.1, 0.15) is 17.6 Å². The lowest BCUT2D eigenvalue weighted by molar-refractivity contribution is -0.110. The Morgan fingerprint density at radius 3 is 2.58 bits per heavy atom. The number of sulfonamides is 1. The van der Waals surface area contributed by atoms with Crippen LogP contribution in [-0.4, -0.2) is 50.8 Å². The molecule has 2 atom stereocenters. The number of hydroxylamine groups is 2. The SMILES string of the molecule is COc1cc(C2C(S(=O)(=O)N(C)Cc3ccco3)CON2C)ccc1OCc1ccccc1. The molecule has 9 heteroatoms. The maximum absolute atomic E-state index is 13.4. The van der Waals surface area contributed by atoms with Crippen LogP contribution in [0.4, 0.5) is 0 Å². The molecule has 1 saturated heterocycles. The Bertz CT molecular complexity index is 1150. The number of methoxy groups -OCH3 is 1. The molecule has 0 spiro atoms. The molecule has 1 aliphatic rings. The average molecular weight is 473 g/mol. The summed E-state index contributed by atoms with van der Waals surface area (Å²) >= 11 is 0. The van der Waals surface area contributed by atoms with E-state index in [-0.39, 0.29) is 13.2 Å². The Morgan fingerprint density at radius 1 is 1.09 bits per heavy atom. The number of hydrogen-bond acceptors (Lipinski definition) is 7. The Labute approximate surface area is 194 Å². The van der Waals surface area contributed by atoms with Crippen LogP contribution in [0.1, 0.15) is 22.9 Å². The predicted molar refractivity (Wildman–Crippen MR) is 123 cm³/mol. The first-order valence-electron chi connectivity index (χ1n) is 10.6. The van der Waals surface area contributed by atoms with E-state index in [1.165, 1.54) is 10.6 Å². The van der Waals surface area contributed by atoms with Crippen molar-refractivity contribution in [1.82, 2.24) is 9.37 Å². The van der Waals surface area contributed by atoms with Gasteiger partial charge in [0.2, 0.25) is 10.0 Å². The molecule has 4 rings (SSSR count). The molecule has 1 aliphatic heterocycles. The molecule has 2 heterocycles. The van der Waals surface area contributed by atoms with E-state index < -0.39 is 21.3 Å². The molecule has 1 aromatic heterocycles. The summed E-state index contributed by atoms with van der Waals surface area (Å²) in [5.74, 6) is 1.69. The summed E-state index contributed by atoms with van der Waals surface area (Å²) in [7, 11) is 1.16. The van der Waals surface area contributed by atoms with Crippen molar-refractivity contribution in [2.75, 3.05) is 27.8 Å². The lowest BCUT2D eigenvalue weighted by atomic mass is 10.0. The normalized spacial score (nSPS) is 19.2. The highest BCUT2D eigenvalue weighted by atomic mass is 32.2. The summed E-state index contributed by atoms with van der Waals surface area (Å²) in [6.07, 6.45) is 1.53. The lowest BCUT2D eigenvalue weighted by Gasteiger charge is -2.27. The van der Waals surface area contributed by atoms with Gasteiger partial charge < -0.3 is 13.9 Å². The van der Waals surface area contributed by atoms with Crippen LogP contribution >= 0.6 is 0 Å². The Morgan fingerprint density at radius 2 is 1.88 bits per heavy atom. The summed E-state index contributed by atoms with van der Waals surface area (Å²) in [6, 6.07) is 18.3. The molecule has 1 fully saturated rings. The topological polar surface area (TPSA) is 81.5 Å². The highest BCUT2D eigenvalue weighted by Crippen LogP contribution is 2.39. The van der Waals surface area contributed by atoms with Gasteiger partial charge in [-0.15, -0.1) is 0 Å². The minimum Gasteiger partial charge on any atom is -0.493 e. The summed E-state index contributed by atoms with van der Waals surface area (Å²) in [4.78, 5) is 5.65. The van der Waals surface area contributed by atoms with Gasteiger partial charge in [0.05, 0.1) is 32.6 Å². The molecule has 2 unspecified atom stereocenters. The quantitative estimate of drug-likeness (QED) is 0.471. The van der Waals surface area contributed by atoms with Crippen molar-refractivity contribution in [2.45, 2.75) is 24.4 Å². The minimum atomic E-state index is -3.69. The molecule has 0 bridgehead atoms. The molecule has 3 aromatic rings. The number of ether oxygens (including phenoxy) is 2. The van der Waals surface area contributed by atoms with Gasteiger partial charge in [-0.3, -0.25) is 4.84 Å². The Balaban J connectivity index is 1.55. The molecule has 2 aromatic carbocycles. The second-order valence-corrected chi connectivity index (χ2v) is 10.1. The fraction of sp³-hybridized carbons (Fsp3) is 0.333. The fourth-order valence-corrected chi connectivity index (χ4v) is 5.59. The third kappa shape index (κ3) is 5.06. The Kier molecular flexibility index (Phi) is 7.04. The second-order valence-electron chi connectivity index (χ2n) is 7.89. The van der Waals surface area contributed by atoms with E-state index in [0.29, 0.717) is 23.9 Å². The smallest absolute Gasteiger partial charge is 0.221 e. The number of benzene rings is 2. The molecule has 0 radical (unpaired) electrons. The maximum Gasteiger partial charge on any atom is 0.221 e. The van der Waals surface area contributed by atoms with Crippen molar-refractivity contribution in [3.63, 3.8) is 0 Å². The monoisotopic (exact) mass is 472 g/mol. The second kappa shape index (κ2) is 9.96. The molecule has 0 saturated carbocycles. The van der Waals surface area contributed by atoms with Crippen molar-refractivity contribution in [2.24, 2.45) is 0 Å². The molecular weight excluding hydrogens is 444 g/mol. The maximum atomic E-state index is 13.4. The van der Waals surface area contributed by atoms with Crippen LogP contribution in [0.25, 0.3) is 0 Å². The van der Waals surface area contributed by atoms with Crippen LogP contribution in [0.15, 0.2) is 71.3 Å². The summed E-state index contributed by atoms with van der Waals surface area (Å²) in [5.41, 5.74) is 1.80. The van der Waals surface area contributed by atoms with Gasteiger partial charge in [0.25, 0.3) is 0 Å². The van der Waals surface area contributed by atoms with Crippen LogP contribution in [0.5, 0.6) is 11.5 Å². The minimum absolute atomic E-state index is 0.0561. The van der Waals surface area contributed by atoms with E-state index in [1.54, 1.807) is 44.5 Å². The molecular formula is C24H28N2O6S. The van der Waals surface area contributed by atoms with Gasteiger partial charge in [-0.1, -0.05) is 36.4 Å². The van der Waals surface area contributed by atoms with Crippen LogP contribution in [0, 0.1) is 0 Å². The van der Waals surface area contributed by atoms with Crippen molar-refractivity contribution in [1.29, 1.82) is 0 Å². The number of hydrogen-bond donors (Lipinski definition) is 0. The first-order valence-corrected chi connectivity index (χ1v) is 12.1. The highest BCUT2D eigenvalue weighted by molar-refractivity contribution is 7.89. The van der Waals surface area contributed by atoms with Gasteiger partial charge in [-0.25, -0.2) is 8.42 Å². The number of rotatable bonds is 9. The van der Waals surface area contributed by atoms with Gasteiger partial charge in [-0.2, -0.15) is 9.37 Å². The standard InChI is InChI=1S/C24H28N2O6S/c1-25(15-20-10-7-13-30-20)33(27,28)23-17-32-26(2)24(23)19-11-12-21(22(14-19)29-3)31-16-18-8-5-4-6-9-18/h4-14,23-24H,15-17H2,1-3H3. The zero-order chi connectivity index (χ0) is 23.4. The van der Waals surface area contributed by atoms with Crippen LogP contribution < -0.4 is 9.47 Å². The van der Waals surface area contributed by atoms with E-state index in [0.717, 1.165) is 11.1 Å². The van der Waals surface area contributed by atoms with Crippen molar-refractivity contribution in [3.8, 4) is 11.5 Å². The molecule has 176 valence electrons. The van der Waals surface area contributed by atoms with Crippen molar-refractivity contribution in [3.05, 3.63) is 83.8 Å². The van der Waals surface area contributed by atoms with E-state index >= 15 is 0 Å². The van der Waals surface area contributed by atoms with Gasteiger partial charge in [0, 0.05) is 14.1 Å². The fourth-order valence-electron chi connectivity index (χ4n) is 3.94. The predicted octanol–water partition coefficient (Wildman–Crippen LogP) is 3.62. The van der Waals surface area contributed by atoms with E-state index in [4.69, 9.17) is 18.7 Å². The molecule has 8 nitrogen and oxygen atoms in total. The number of nitrogens with zero attached hydrogens (tertiary/aromatic N) is 2. The average Bonchev–Trinajstić information content (AvgIpc) is 3.48. The van der Waals surface area contributed by atoms with Gasteiger partial charge in [-0.05, 0) is 35.4 Å². The molecule has 33 heavy (non-hydrogen) atoms. The largest absolute Gasteiger partial charge is 0.493 e. The first-order chi connectivity index (χ1) is 15.9. The highest BCUT2D eigenvalue weighted by Gasteiger charge is 2.45. The zero-order valence-corrected chi connectivity index (χ0v) is 19.7. The van der Waals surface area contributed by atoms with Crippen LogP contribution in [0.3, 0.4) is 0 Å². The molecule has 0 aliphatic carbocycles.